The second kappa shape index (κ2) is 20.1. The molecule has 7 heteroatoms. The molecule has 3 aliphatic carbocycles. The van der Waals surface area contributed by atoms with Crippen LogP contribution in [0.5, 0.6) is 11.5 Å². The summed E-state index contributed by atoms with van der Waals surface area (Å²) in [6, 6.07) is 7.47. The first kappa shape index (κ1) is 36.3. The first-order valence-corrected chi connectivity index (χ1v) is 20.6. The topological polar surface area (TPSA) is 47.9 Å². The minimum atomic E-state index is -1.53. The molecule has 3 fully saturated rings. The predicted molar refractivity (Wildman–Crippen MR) is 177 cm³/mol. The van der Waals surface area contributed by atoms with Crippen molar-refractivity contribution < 1.29 is 36.3 Å². The number of phenols is 1. The highest BCUT2D eigenvalue weighted by Crippen LogP contribution is 2.77. The summed E-state index contributed by atoms with van der Waals surface area (Å²) in [5.74, 6) is 1.58. The van der Waals surface area contributed by atoms with E-state index >= 15 is 0 Å². The molecule has 0 aromatic heterocycles. The maximum Gasteiger partial charge on any atom is 0.161 e. The van der Waals surface area contributed by atoms with E-state index in [0.717, 1.165) is 45.3 Å². The molecule has 3 saturated carbocycles. The summed E-state index contributed by atoms with van der Waals surface area (Å²) < 4.78 is 17.4. The van der Waals surface area contributed by atoms with Crippen LogP contribution in [0, 0.1) is 0 Å². The number of rotatable bonds is 17. The average molecular weight is 684 g/mol. The van der Waals surface area contributed by atoms with E-state index in [4.69, 9.17) is 14.2 Å². The van der Waals surface area contributed by atoms with Crippen molar-refractivity contribution in [3.63, 3.8) is 0 Å². The van der Waals surface area contributed by atoms with Crippen molar-refractivity contribution in [2.45, 2.75) is 164 Å². The number of halogens is 1. The summed E-state index contributed by atoms with van der Waals surface area (Å²) in [6.07, 6.45) is 28.6. The van der Waals surface area contributed by atoms with Gasteiger partial charge < -0.3 is 36.3 Å². The predicted octanol–water partition coefficient (Wildman–Crippen LogP) is 6.46. The van der Waals surface area contributed by atoms with Gasteiger partial charge in [0.1, 0.15) is 26.5 Å². The molecule has 1 aromatic rings. The highest BCUT2D eigenvalue weighted by Gasteiger charge is 2.60. The Hall–Kier alpha value is -0.133. The average Bonchev–Trinajstić information content (AvgIpc) is 3.03. The second-order valence-corrected chi connectivity index (χ2v) is 18.8. The standard InChI is InChI=1S/C35H59O4PSi.BrH/c1-37-35(38-2)41-27-17-6-4-3-5-16-26-39-33-25-24-29(36)28-34(33)40(30-18-10-7-11-19-30,31-20-12-8-13-21-31)32-22-14-9-15-23-32;/h24-25,28,30-32,35H,3-23,26-27H2,1-2H3;1H. The molecular weight excluding hydrogens is 623 g/mol. The lowest BCUT2D eigenvalue weighted by Crippen LogP contribution is -3.00. The van der Waals surface area contributed by atoms with E-state index in [1.165, 1.54) is 140 Å². The van der Waals surface area contributed by atoms with Crippen LogP contribution in [-0.2, 0) is 9.47 Å². The Kier molecular flexibility index (Phi) is 17.4. The van der Waals surface area contributed by atoms with E-state index in [-0.39, 0.29) is 22.9 Å². The number of hydrogen-bond donors (Lipinski definition) is 1. The minimum Gasteiger partial charge on any atom is -1.00 e. The fraction of sp³-hybridized carbons (Fsp3) is 0.829. The summed E-state index contributed by atoms with van der Waals surface area (Å²) in [4.78, 5) is 0. The third kappa shape index (κ3) is 9.93. The summed E-state index contributed by atoms with van der Waals surface area (Å²) in [5.41, 5.74) is 2.53. The zero-order chi connectivity index (χ0) is 28.8. The van der Waals surface area contributed by atoms with Crippen LogP contribution in [0.3, 0.4) is 0 Å². The summed E-state index contributed by atoms with van der Waals surface area (Å²) in [7, 11) is 2.67. The molecular formula is C35H60BrO4PSi. The second-order valence-electron chi connectivity index (χ2n) is 13.1. The zero-order valence-corrected chi connectivity index (χ0v) is 30.3. The Labute approximate surface area is 271 Å². The van der Waals surface area contributed by atoms with Crippen LogP contribution in [0.25, 0.3) is 0 Å². The fourth-order valence-corrected chi connectivity index (χ4v) is 17.1. The third-order valence-corrected chi connectivity index (χ3v) is 18.3. The van der Waals surface area contributed by atoms with E-state index in [2.05, 4.69) is 12.1 Å². The minimum absolute atomic E-state index is 0. The Balaban J connectivity index is 0.00000484. The molecule has 0 spiro atoms. The molecule has 2 radical (unpaired) electrons. The van der Waals surface area contributed by atoms with Gasteiger partial charge in [-0.25, -0.2) is 0 Å². The lowest BCUT2D eigenvalue weighted by atomic mass is 9.99. The summed E-state index contributed by atoms with van der Waals surface area (Å²) in [5, 5.41) is 12.4. The van der Waals surface area contributed by atoms with Crippen LogP contribution in [0.4, 0.5) is 0 Å². The molecule has 3 aliphatic rings. The monoisotopic (exact) mass is 682 g/mol. The molecule has 1 N–H and O–H groups in total. The van der Waals surface area contributed by atoms with Crippen molar-refractivity contribution in [1.29, 1.82) is 0 Å². The number of ether oxygens (including phenoxy) is 3. The quantitative estimate of drug-likeness (QED) is 0.0888. The SMILES string of the molecule is COC(OC)[Si]CCCCCCCCOc1ccc(O)cc1[P+](C1CCCCC1)(C1CCCCC1)C1CCCCC1.[Br-]. The molecule has 4 rings (SSSR count). The zero-order valence-electron chi connectivity index (χ0n) is 26.8. The Morgan fingerprint density at radius 1 is 0.714 bits per heavy atom. The lowest BCUT2D eigenvalue weighted by molar-refractivity contribution is -0.0441. The van der Waals surface area contributed by atoms with Gasteiger partial charge in [0, 0.05) is 20.3 Å². The highest BCUT2D eigenvalue weighted by atomic mass is 79.9. The van der Waals surface area contributed by atoms with Gasteiger partial charge in [0.15, 0.2) is 5.75 Å². The molecule has 1 aromatic carbocycles. The van der Waals surface area contributed by atoms with Crippen LogP contribution in [0.2, 0.25) is 6.04 Å². The van der Waals surface area contributed by atoms with Gasteiger partial charge in [0.2, 0.25) is 0 Å². The largest absolute Gasteiger partial charge is 1.00 e. The number of benzene rings is 1. The van der Waals surface area contributed by atoms with Crippen molar-refractivity contribution in [2.24, 2.45) is 0 Å². The summed E-state index contributed by atoms with van der Waals surface area (Å²) >= 11 is 0. The number of aromatic hydroxyl groups is 1. The van der Waals surface area contributed by atoms with Crippen LogP contribution in [0.1, 0.15) is 135 Å². The van der Waals surface area contributed by atoms with Gasteiger partial charge in [-0.15, -0.1) is 0 Å². The molecule has 4 nitrogen and oxygen atoms in total. The van der Waals surface area contributed by atoms with Crippen LogP contribution in [0.15, 0.2) is 18.2 Å². The van der Waals surface area contributed by atoms with Gasteiger partial charge >= 0.3 is 0 Å². The first-order valence-electron chi connectivity index (χ1n) is 17.3. The highest BCUT2D eigenvalue weighted by molar-refractivity contribution is 7.85. The number of hydrogen-bond acceptors (Lipinski definition) is 4. The maximum absolute atomic E-state index is 10.9. The molecule has 0 aliphatic heterocycles. The van der Waals surface area contributed by atoms with Gasteiger partial charge in [0.05, 0.1) is 30.8 Å². The smallest absolute Gasteiger partial charge is 0.161 e. The van der Waals surface area contributed by atoms with Crippen molar-refractivity contribution in [3.8, 4) is 11.5 Å². The molecule has 0 saturated heterocycles. The first-order chi connectivity index (χ1) is 20.2. The number of unbranched alkanes of at least 4 members (excludes halogenated alkanes) is 5. The van der Waals surface area contributed by atoms with Gasteiger partial charge in [-0.3, -0.25) is 0 Å². The van der Waals surface area contributed by atoms with Crippen molar-refractivity contribution in [1.82, 2.24) is 0 Å². The maximum atomic E-state index is 10.9. The Bertz CT molecular complexity index is 806. The molecule has 0 heterocycles. The van der Waals surface area contributed by atoms with E-state index in [1.807, 2.05) is 6.07 Å². The van der Waals surface area contributed by atoms with Crippen LogP contribution >= 0.6 is 7.26 Å². The van der Waals surface area contributed by atoms with Crippen molar-refractivity contribution in [3.05, 3.63) is 18.2 Å². The van der Waals surface area contributed by atoms with E-state index < -0.39 is 7.26 Å². The normalized spacial score (nSPS) is 19.6. The lowest BCUT2D eigenvalue weighted by Gasteiger charge is -2.49. The third-order valence-electron chi connectivity index (χ3n) is 10.5. The number of phenolic OH excluding ortho intramolecular Hbond substituents is 1. The Morgan fingerprint density at radius 2 is 1.19 bits per heavy atom. The van der Waals surface area contributed by atoms with Gasteiger partial charge in [0.25, 0.3) is 0 Å². The molecule has 0 unspecified atom stereocenters. The van der Waals surface area contributed by atoms with Gasteiger partial charge in [-0.1, -0.05) is 57.4 Å². The summed E-state index contributed by atoms with van der Waals surface area (Å²) in [6.45, 7) is 0.808. The van der Waals surface area contributed by atoms with E-state index in [9.17, 15) is 5.11 Å². The number of methoxy groups -OCH3 is 2. The van der Waals surface area contributed by atoms with Gasteiger partial charge in [-0.2, -0.15) is 0 Å². The molecule has 0 bridgehead atoms. The fourth-order valence-electron chi connectivity index (χ4n) is 8.54. The van der Waals surface area contributed by atoms with Gasteiger partial charge in [-0.05, 0) is 95.6 Å². The van der Waals surface area contributed by atoms with Crippen molar-refractivity contribution in [2.75, 3.05) is 20.8 Å². The Morgan fingerprint density at radius 3 is 1.69 bits per heavy atom. The molecule has 240 valence electrons. The van der Waals surface area contributed by atoms with Crippen molar-refractivity contribution >= 4 is 22.1 Å². The molecule has 0 amide bonds. The molecule has 42 heavy (non-hydrogen) atoms. The van der Waals surface area contributed by atoms with Crippen LogP contribution < -0.4 is 27.0 Å². The van der Waals surface area contributed by atoms with E-state index in [1.54, 1.807) is 14.2 Å². The van der Waals surface area contributed by atoms with Crippen LogP contribution in [-0.4, -0.2) is 58.3 Å². The molecule has 0 atom stereocenters. The van der Waals surface area contributed by atoms with E-state index in [0.29, 0.717) is 5.75 Å².